The average molecular weight is 399 g/mol. The Morgan fingerprint density at radius 3 is 2.34 bits per heavy atom. The molecule has 0 bridgehead atoms. The van der Waals surface area contributed by atoms with E-state index in [4.69, 9.17) is 16.3 Å². The highest BCUT2D eigenvalue weighted by atomic mass is 35.5. The molecule has 29 heavy (non-hydrogen) atoms. The summed E-state index contributed by atoms with van der Waals surface area (Å²) < 4.78 is 6.28. The third-order valence-corrected chi connectivity index (χ3v) is 5.87. The largest absolute Gasteiger partial charge is 0.481 e. The first kappa shape index (κ1) is 18.0. The summed E-state index contributed by atoms with van der Waals surface area (Å²) in [5.74, 6) is 0.571. The first-order valence-corrected chi connectivity index (χ1v) is 10.0. The van der Waals surface area contributed by atoms with E-state index in [9.17, 15) is 4.79 Å². The quantitative estimate of drug-likeness (QED) is 0.364. The van der Waals surface area contributed by atoms with Gasteiger partial charge in [-0.15, -0.1) is 0 Å². The van der Waals surface area contributed by atoms with Gasteiger partial charge in [0.15, 0.2) is 6.10 Å². The van der Waals surface area contributed by atoms with Crippen molar-refractivity contribution < 1.29 is 9.53 Å². The molecule has 0 saturated heterocycles. The Bertz CT molecular complexity index is 1210. The highest BCUT2D eigenvalue weighted by Gasteiger charge is 2.41. The second-order valence-electron chi connectivity index (χ2n) is 7.50. The molecule has 5 rings (SSSR count). The van der Waals surface area contributed by atoms with Crippen LogP contribution in [-0.4, -0.2) is 11.9 Å². The van der Waals surface area contributed by atoms with Crippen LogP contribution in [0.4, 0.5) is 0 Å². The standard InChI is InChI=1S/C26H19ClO2/c1-16-6-8-19(9-7-16)25(28)26-23(18-10-13-20(27)14-11-18)24-21-5-3-2-4-17(21)12-15-22(24)29-26/h2-15,23,26H,1H3/t23-,26-/m0/s1. The van der Waals surface area contributed by atoms with E-state index < -0.39 is 6.10 Å². The van der Waals surface area contributed by atoms with E-state index in [1.165, 1.54) is 0 Å². The van der Waals surface area contributed by atoms with Gasteiger partial charge < -0.3 is 4.74 Å². The second-order valence-corrected chi connectivity index (χ2v) is 7.93. The van der Waals surface area contributed by atoms with Crippen LogP contribution in [0.2, 0.25) is 5.02 Å². The second kappa shape index (κ2) is 7.06. The summed E-state index contributed by atoms with van der Waals surface area (Å²) in [5, 5.41) is 2.92. The van der Waals surface area contributed by atoms with Crippen molar-refractivity contribution in [1.82, 2.24) is 0 Å². The third-order valence-electron chi connectivity index (χ3n) is 5.62. The van der Waals surface area contributed by atoms with Crippen LogP contribution in [0.15, 0.2) is 84.9 Å². The molecule has 2 nitrogen and oxygen atoms in total. The normalized spacial score (nSPS) is 17.7. The van der Waals surface area contributed by atoms with Gasteiger partial charge in [0.05, 0.1) is 5.92 Å². The van der Waals surface area contributed by atoms with Gasteiger partial charge in [-0.05, 0) is 41.5 Å². The van der Waals surface area contributed by atoms with Gasteiger partial charge in [0.25, 0.3) is 0 Å². The fraction of sp³-hybridized carbons (Fsp3) is 0.115. The molecule has 4 aromatic carbocycles. The van der Waals surface area contributed by atoms with Gasteiger partial charge >= 0.3 is 0 Å². The van der Waals surface area contributed by atoms with E-state index >= 15 is 0 Å². The van der Waals surface area contributed by atoms with Crippen LogP contribution >= 0.6 is 11.6 Å². The monoisotopic (exact) mass is 398 g/mol. The maximum Gasteiger partial charge on any atom is 0.204 e. The first-order valence-electron chi connectivity index (χ1n) is 9.66. The summed E-state index contributed by atoms with van der Waals surface area (Å²) in [6.07, 6.45) is -0.611. The smallest absolute Gasteiger partial charge is 0.204 e. The SMILES string of the molecule is Cc1ccc(C(=O)[C@H]2Oc3ccc4ccccc4c3[C@@H]2c2ccc(Cl)cc2)cc1. The molecule has 1 aliphatic heterocycles. The maximum absolute atomic E-state index is 13.5. The van der Waals surface area contributed by atoms with Crippen molar-refractivity contribution in [3.05, 3.63) is 112 Å². The molecule has 0 aromatic heterocycles. The summed E-state index contributed by atoms with van der Waals surface area (Å²) in [4.78, 5) is 13.5. The number of aryl methyl sites for hydroxylation is 1. The molecule has 4 aromatic rings. The number of fused-ring (bicyclic) bond motifs is 3. The number of hydrogen-bond acceptors (Lipinski definition) is 2. The molecular formula is C26H19ClO2. The lowest BCUT2D eigenvalue weighted by Gasteiger charge is -2.19. The van der Waals surface area contributed by atoms with E-state index in [-0.39, 0.29) is 11.7 Å². The van der Waals surface area contributed by atoms with Crippen molar-refractivity contribution in [3.8, 4) is 5.75 Å². The molecule has 0 amide bonds. The zero-order valence-corrected chi connectivity index (χ0v) is 16.7. The Morgan fingerprint density at radius 1 is 0.862 bits per heavy atom. The third kappa shape index (κ3) is 3.10. The van der Waals surface area contributed by atoms with Crippen LogP contribution in [0.1, 0.15) is 33.0 Å². The first-order chi connectivity index (χ1) is 14.1. The molecule has 0 unspecified atom stereocenters. The Kier molecular flexibility index (Phi) is 4.37. The van der Waals surface area contributed by atoms with Gasteiger partial charge in [0.1, 0.15) is 5.75 Å². The minimum Gasteiger partial charge on any atom is -0.481 e. The number of carbonyl (C=O) groups is 1. The fourth-order valence-corrected chi connectivity index (χ4v) is 4.28. The molecule has 142 valence electrons. The van der Waals surface area contributed by atoms with Crippen molar-refractivity contribution in [2.75, 3.05) is 0 Å². The maximum atomic E-state index is 13.5. The van der Waals surface area contributed by atoms with Crippen molar-refractivity contribution in [3.63, 3.8) is 0 Å². The van der Waals surface area contributed by atoms with Crippen molar-refractivity contribution in [2.45, 2.75) is 18.9 Å². The Hall–Kier alpha value is -3.10. The number of hydrogen-bond donors (Lipinski definition) is 0. The Labute approximate surface area is 174 Å². The molecule has 1 heterocycles. The number of rotatable bonds is 3. The minimum atomic E-state index is -0.611. The average Bonchev–Trinajstić information content (AvgIpc) is 3.14. The van der Waals surface area contributed by atoms with Gasteiger partial charge in [-0.1, -0.05) is 83.9 Å². The zero-order valence-electron chi connectivity index (χ0n) is 15.9. The highest BCUT2D eigenvalue weighted by Crippen LogP contribution is 2.47. The van der Waals surface area contributed by atoms with Crippen molar-refractivity contribution in [2.24, 2.45) is 0 Å². The minimum absolute atomic E-state index is 0.00905. The topological polar surface area (TPSA) is 26.3 Å². The summed E-state index contributed by atoms with van der Waals surface area (Å²) in [6.45, 7) is 2.01. The van der Waals surface area contributed by atoms with Crippen LogP contribution in [0, 0.1) is 6.92 Å². The van der Waals surface area contributed by atoms with Gasteiger partial charge in [-0.3, -0.25) is 4.79 Å². The number of carbonyl (C=O) groups excluding carboxylic acids is 1. The number of ketones is 1. The van der Waals surface area contributed by atoms with Gasteiger partial charge in [-0.2, -0.15) is 0 Å². The number of ether oxygens (including phenoxy) is 1. The molecule has 0 fully saturated rings. The lowest BCUT2D eigenvalue weighted by atomic mass is 9.83. The number of benzene rings is 4. The van der Waals surface area contributed by atoms with Gasteiger partial charge in [-0.25, -0.2) is 0 Å². The van der Waals surface area contributed by atoms with Gasteiger partial charge in [0, 0.05) is 16.1 Å². The van der Waals surface area contributed by atoms with E-state index in [2.05, 4.69) is 12.1 Å². The predicted molar refractivity (Wildman–Crippen MR) is 117 cm³/mol. The summed E-state index contributed by atoms with van der Waals surface area (Å²) >= 11 is 6.13. The van der Waals surface area contributed by atoms with Crippen LogP contribution in [0.25, 0.3) is 10.8 Å². The molecule has 1 aliphatic rings. The van der Waals surface area contributed by atoms with Crippen LogP contribution in [0.5, 0.6) is 5.75 Å². The fourth-order valence-electron chi connectivity index (χ4n) is 4.15. The van der Waals surface area contributed by atoms with Gasteiger partial charge in [0.2, 0.25) is 5.78 Å². The lowest BCUT2D eigenvalue weighted by molar-refractivity contribution is 0.0807. The van der Waals surface area contributed by atoms with Crippen molar-refractivity contribution in [1.29, 1.82) is 0 Å². The predicted octanol–water partition coefficient (Wildman–Crippen LogP) is 6.58. The van der Waals surface area contributed by atoms with E-state index in [0.29, 0.717) is 10.6 Å². The van der Waals surface area contributed by atoms with Crippen LogP contribution < -0.4 is 4.74 Å². The molecule has 0 radical (unpaired) electrons. The summed E-state index contributed by atoms with van der Waals surface area (Å²) in [6, 6.07) is 27.6. The molecule has 0 aliphatic carbocycles. The molecular weight excluding hydrogens is 380 g/mol. The summed E-state index contributed by atoms with van der Waals surface area (Å²) in [7, 11) is 0. The highest BCUT2D eigenvalue weighted by molar-refractivity contribution is 6.30. The number of halogens is 1. The van der Waals surface area contributed by atoms with E-state index in [0.717, 1.165) is 33.2 Å². The van der Waals surface area contributed by atoms with Crippen molar-refractivity contribution >= 4 is 28.2 Å². The molecule has 0 saturated carbocycles. The van der Waals surface area contributed by atoms with Crippen LogP contribution in [0.3, 0.4) is 0 Å². The van der Waals surface area contributed by atoms with E-state index in [1.807, 2.05) is 79.7 Å². The zero-order chi connectivity index (χ0) is 20.0. The Morgan fingerprint density at radius 2 is 1.59 bits per heavy atom. The Balaban J connectivity index is 1.68. The summed E-state index contributed by atoms with van der Waals surface area (Å²) in [5.41, 5.74) is 3.87. The molecule has 3 heteroatoms. The number of Topliss-reactive ketones (excluding diaryl/α,β-unsaturated/α-hetero) is 1. The van der Waals surface area contributed by atoms with Crippen LogP contribution in [-0.2, 0) is 0 Å². The lowest BCUT2D eigenvalue weighted by Crippen LogP contribution is -2.30. The molecule has 0 N–H and O–H groups in total. The molecule has 0 spiro atoms. The van der Waals surface area contributed by atoms with E-state index in [1.54, 1.807) is 0 Å². The molecule has 2 atom stereocenters.